The van der Waals surface area contributed by atoms with Crippen molar-refractivity contribution in [1.29, 1.82) is 0 Å². The summed E-state index contributed by atoms with van der Waals surface area (Å²) in [6, 6.07) is 11.9. The molecule has 1 aliphatic heterocycles. The van der Waals surface area contributed by atoms with E-state index in [0.717, 1.165) is 40.1 Å². The van der Waals surface area contributed by atoms with Crippen LogP contribution in [0.3, 0.4) is 0 Å². The second-order valence-corrected chi connectivity index (χ2v) is 11.7. The van der Waals surface area contributed by atoms with Gasteiger partial charge in [0.2, 0.25) is 5.91 Å². The molecule has 3 aromatic heterocycles. The molecule has 2 aliphatic rings. The Kier molecular flexibility index (Phi) is 8.25. The van der Waals surface area contributed by atoms with Crippen LogP contribution >= 0.6 is 27.5 Å². The zero-order chi connectivity index (χ0) is 27.5. The summed E-state index contributed by atoms with van der Waals surface area (Å²) in [5.74, 6) is 0.0857. The number of nitrogens with one attached hydrogen (secondary N) is 1. The van der Waals surface area contributed by atoms with Gasteiger partial charge in [0.15, 0.2) is 0 Å². The predicted octanol–water partition coefficient (Wildman–Crippen LogP) is 4.28. The van der Waals surface area contributed by atoms with Crippen molar-refractivity contribution in [3.8, 4) is 0 Å². The lowest BCUT2D eigenvalue weighted by Crippen LogP contribution is -2.58. The highest BCUT2D eigenvalue weighted by Gasteiger charge is 2.36. The van der Waals surface area contributed by atoms with Crippen molar-refractivity contribution in [3.63, 3.8) is 0 Å². The minimum absolute atomic E-state index is 0.0482. The third-order valence-corrected chi connectivity index (χ3v) is 8.42. The molecular weight excluding hydrogens is 590 g/mol. The van der Waals surface area contributed by atoms with Gasteiger partial charge in [0.1, 0.15) is 0 Å². The number of nitrogens with zero attached hydrogens (tertiary/aromatic N) is 6. The van der Waals surface area contributed by atoms with Gasteiger partial charge in [-0.1, -0.05) is 23.7 Å². The number of benzene rings is 1. The summed E-state index contributed by atoms with van der Waals surface area (Å²) in [4.78, 5) is 31.8. The van der Waals surface area contributed by atoms with E-state index in [9.17, 15) is 4.79 Å². The predicted molar refractivity (Wildman–Crippen MR) is 158 cm³/mol. The Morgan fingerprint density at radius 3 is 2.85 bits per heavy atom. The summed E-state index contributed by atoms with van der Waals surface area (Å²) in [5, 5.41) is 4.26. The summed E-state index contributed by atoms with van der Waals surface area (Å²) >= 11 is 10.0. The normalized spacial score (nSPS) is 18.9. The molecule has 0 radical (unpaired) electrons. The van der Waals surface area contributed by atoms with Crippen molar-refractivity contribution >= 4 is 33.4 Å². The first-order chi connectivity index (χ1) is 19.5. The number of amides is 1. The number of carbonyl (C=O) groups excluding carboxylic acids is 1. The molecule has 1 fully saturated rings. The molecule has 6 rings (SSSR count). The molecule has 4 heterocycles. The average Bonchev–Trinajstić information content (AvgIpc) is 3.45. The maximum atomic E-state index is 14.1. The average molecular weight is 621 g/mol. The van der Waals surface area contributed by atoms with Gasteiger partial charge in [0.25, 0.3) is 0 Å². The number of aryl methyl sites for hydroxylation is 2. The van der Waals surface area contributed by atoms with Crippen LogP contribution in [0, 0.1) is 0 Å². The van der Waals surface area contributed by atoms with E-state index in [4.69, 9.17) is 16.6 Å². The summed E-state index contributed by atoms with van der Waals surface area (Å²) < 4.78 is 2.98. The molecule has 1 saturated heterocycles. The Labute approximate surface area is 247 Å². The second kappa shape index (κ2) is 12.2. The lowest BCUT2D eigenvalue weighted by molar-refractivity contribution is -0.135. The zero-order valence-corrected chi connectivity index (χ0v) is 24.4. The van der Waals surface area contributed by atoms with E-state index in [1.807, 2.05) is 46.3 Å². The maximum absolute atomic E-state index is 14.1. The summed E-state index contributed by atoms with van der Waals surface area (Å²) in [6.45, 7) is 3.85. The van der Waals surface area contributed by atoms with Crippen molar-refractivity contribution < 1.29 is 4.79 Å². The summed E-state index contributed by atoms with van der Waals surface area (Å²) in [5.41, 5.74) is 5.76. The Balaban J connectivity index is 1.28. The summed E-state index contributed by atoms with van der Waals surface area (Å²) in [6.07, 6.45) is 12.7. The van der Waals surface area contributed by atoms with Crippen LogP contribution in [0.4, 0.5) is 0 Å². The van der Waals surface area contributed by atoms with E-state index in [-0.39, 0.29) is 18.0 Å². The molecule has 4 aromatic rings. The highest BCUT2D eigenvalue weighted by Crippen LogP contribution is 2.38. The number of carbonyl (C=O) groups is 1. The van der Waals surface area contributed by atoms with Crippen molar-refractivity contribution in [2.24, 2.45) is 0 Å². The molecule has 206 valence electrons. The molecule has 1 amide bonds. The lowest BCUT2D eigenvalue weighted by atomic mass is 9.95. The molecule has 8 nitrogen and oxygen atoms in total. The molecule has 10 heteroatoms. The van der Waals surface area contributed by atoms with Crippen molar-refractivity contribution in [1.82, 2.24) is 34.6 Å². The number of halogens is 2. The first-order valence-electron chi connectivity index (χ1n) is 13.6. The van der Waals surface area contributed by atoms with Crippen LogP contribution in [0.2, 0.25) is 5.02 Å². The number of fused-ring (bicyclic) bond motifs is 2. The van der Waals surface area contributed by atoms with Crippen LogP contribution in [-0.4, -0.2) is 67.4 Å². The van der Waals surface area contributed by atoms with Gasteiger partial charge in [-0.15, -0.1) is 0 Å². The number of hydrogen-bond acceptors (Lipinski definition) is 6. The monoisotopic (exact) mass is 619 g/mol. The zero-order valence-electron chi connectivity index (χ0n) is 22.1. The molecular formula is C30H31BrClN7O. The first-order valence-corrected chi connectivity index (χ1v) is 14.8. The molecule has 1 aliphatic carbocycles. The highest BCUT2D eigenvalue weighted by atomic mass is 79.9. The number of rotatable bonds is 7. The van der Waals surface area contributed by atoms with Crippen LogP contribution in [-0.2, 0) is 30.7 Å². The minimum atomic E-state index is -0.342. The topological polar surface area (TPSA) is 79.2 Å². The van der Waals surface area contributed by atoms with Gasteiger partial charge in [-0.05, 0) is 75.3 Å². The van der Waals surface area contributed by atoms with Crippen molar-refractivity contribution in [2.45, 2.75) is 38.0 Å². The highest BCUT2D eigenvalue weighted by molar-refractivity contribution is 9.10. The van der Waals surface area contributed by atoms with Gasteiger partial charge in [0.05, 0.1) is 24.1 Å². The Morgan fingerprint density at radius 2 is 2.02 bits per heavy atom. The number of aromatic nitrogens is 4. The molecule has 0 bridgehead atoms. The molecule has 1 aromatic carbocycles. The second-order valence-electron chi connectivity index (χ2n) is 10.4. The minimum Gasteiger partial charge on any atom is -0.336 e. The standard InChI is InChI=1S/C30H31BrClN7O/c31-24-14-23-4-3-22-15-25(32)5-6-26(22)29(28(23)36-17-24)38-11-9-35-27(19-38)30(40)39(13-12-37-10-8-34-20-37)18-21-2-1-7-33-16-21/h1-2,5-8,10,14-17,20,27,29,35H,3-4,9,11-13,18-19H2/t27-,29-/m1/s1. The van der Waals surface area contributed by atoms with Crippen LogP contribution < -0.4 is 5.32 Å². The van der Waals surface area contributed by atoms with Crippen LogP contribution in [0.5, 0.6) is 0 Å². The molecule has 1 N–H and O–H groups in total. The first kappa shape index (κ1) is 27.1. The third-order valence-electron chi connectivity index (χ3n) is 7.76. The quantitative estimate of drug-likeness (QED) is 0.332. The Bertz CT molecular complexity index is 1410. The number of hydrogen-bond donors (Lipinski definition) is 1. The molecule has 0 spiro atoms. The fraction of sp³-hybridized carbons (Fsp3) is 0.333. The SMILES string of the molecule is O=C([C@H]1CN([C@@H]2c3ccc(Cl)cc3CCc3cc(Br)cnc32)CCN1)N(CCn1ccnc1)Cc1cccnc1. The van der Waals surface area contributed by atoms with Crippen LogP contribution in [0.15, 0.2) is 78.2 Å². The van der Waals surface area contributed by atoms with E-state index in [0.29, 0.717) is 32.7 Å². The van der Waals surface area contributed by atoms with Gasteiger partial charge in [-0.3, -0.25) is 19.7 Å². The number of piperazine rings is 1. The Morgan fingerprint density at radius 1 is 1.12 bits per heavy atom. The van der Waals surface area contributed by atoms with E-state index in [1.54, 1.807) is 18.7 Å². The van der Waals surface area contributed by atoms with Gasteiger partial charge in [-0.2, -0.15) is 0 Å². The smallest absolute Gasteiger partial charge is 0.241 e. The largest absolute Gasteiger partial charge is 0.336 e. The van der Waals surface area contributed by atoms with Crippen LogP contribution in [0.25, 0.3) is 0 Å². The van der Waals surface area contributed by atoms with E-state index < -0.39 is 0 Å². The van der Waals surface area contributed by atoms with E-state index >= 15 is 0 Å². The number of imidazole rings is 1. The fourth-order valence-electron chi connectivity index (χ4n) is 5.81. The van der Waals surface area contributed by atoms with Crippen molar-refractivity contribution in [2.75, 3.05) is 26.2 Å². The molecule has 0 unspecified atom stereocenters. The molecule has 0 saturated carbocycles. The Hall–Kier alpha value is -3.11. The third kappa shape index (κ3) is 5.98. The summed E-state index contributed by atoms with van der Waals surface area (Å²) in [7, 11) is 0. The number of pyridine rings is 2. The van der Waals surface area contributed by atoms with E-state index in [1.165, 1.54) is 16.7 Å². The van der Waals surface area contributed by atoms with E-state index in [2.05, 4.69) is 54.3 Å². The van der Waals surface area contributed by atoms with Gasteiger partial charge in [-0.25, -0.2) is 4.98 Å². The molecule has 2 atom stereocenters. The molecule has 40 heavy (non-hydrogen) atoms. The maximum Gasteiger partial charge on any atom is 0.241 e. The fourth-order valence-corrected chi connectivity index (χ4v) is 6.38. The van der Waals surface area contributed by atoms with Gasteiger partial charge in [0, 0.05) is 79.7 Å². The van der Waals surface area contributed by atoms with Crippen molar-refractivity contribution in [3.05, 3.63) is 111 Å². The van der Waals surface area contributed by atoms with Gasteiger partial charge < -0.3 is 14.8 Å². The van der Waals surface area contributed by atoms with Gasteiger partial charge >= 0.3 is 0 Å². The lowest BCUT2D eigenvalue weighted by Gasteiger charge is -2.40. The van der Waals surface area contributed by atoms with Crippen LogP contribution in [0.1, 0.15) is 34.0 Å².